The topological polar surface area (TPSA) is 159 Å². The number of carbonyl (C=O) groups is 2. The number of sulfone groups is 1. The van der Waals surface area contributed by atoms with Crippen molar-refractivity contribution in [1.82, 2.24) is 0 Å². The third kappa shape index (κ3) is 2.63. The SMILES string of the molecule is N#CC1(C(N)=O)CC1[C@@]1(C(=O)O)C[C@H](S(=O)(=O)c2ccccc2Cl)C[C@@H]1O. The fourth-order valence-electron chi connectivity index (χ4n) is 4.24. The van der Waals surface area contributed by atoms with E-state index >= 15 is 0 Å². The lowest BCUT2D eigenvalue weighted by molar-refractivity contribution is -0.157. The fourth-order valence-corrected chi connectivity index (χ4v) is 6.59. The molecular formula is C17H17ClN2O6S. The molecule has 0 aliphatic heterocycles. The summed E-state index contributed by atoms with van der Waals surface area (Å²) < 4.78 is 25.9. The van der Waals surface area contributed by atoms with Gasteiger partial charge in [0.05, 0.1) is 32.8 Å². The van der Waals surface area contributed by atoms with E-state index in [9.17, 15) is 33.5 Å². The molecule has 0 radical (unpaired) electrons. The Morgan fingerprint density at radius 1 is 1.30 bits per heavy atom. The maximum Gasteiger partial charge on any atom is 0.312 e. The van der Waals surface area contributed by atoms with Crippen molar-refractivity contribution in [1.29, 1.82) is 5.26 Å². The van der Waals surface area contributed by atoms with E-state index in [1.807, 2.05) is 0 Å². The van der Waals surface area contributed by atoms with E-state index in [4.69, 9.17) is 17.3 Å². The first-order chi connectivity index (χ1) is 12.5. The number of carboxylic acids is 1. The number of halogens is 1. The van der Waals surface area contributed by atoms with Gasteiger partial charge in [0, 0.05) is 5.92 Å². The number of aliphatic hydroxyl groups excluding tert-OH is 1. The molecular weight excluding hydrogens is 396 g/mol. The molecule has 1 amide bonds. The molecule has 2 fully saturated rings. The largest absolute Gasteiger partial charge is 0.481 e. The summed E-state index contributed by atoms with van der Waals surface area (Å²) in [4.78, 5) is 23.6. The summed E-state index contributed by atoms with van der Waals surface area (Å²) in [6.07, 6.45) is -2.44. The predicted molar refractivity (Wildman–Crippen MR) is 93.1 cm³/mol. The standard InChI is InChI=1S/C17H17ClN2O6S/c18-10-3-1-2-4-11(10)27(25,26)9-5-13(21)17(6-9,15(23)24)12-7-16(12,8-19)14(20)22/h1-4,9,12-13,21H,5-7H2,(H2,20,22)(H,23,24)/t9-,12?,13+,16?,17+/m1/s1. The van der Waals surface area contributed by atoms with Gasteiger partial charge in [-0.1, -0.05) is 23.7 Å². The quantitative estimate of drug-likeness (QED) is 0.642. The van der Waals surface area contributed by atoms with Crippen LogP contribution in [0.15, 0.2) is 29.2 Å². The van der Waals surface area contributed by atoms with Crippen LogP contribution in [0.25, 0.3) is 0 Å². The number of hydrogen-bond donors (Lipinski definition) is 3. The van der Waals surface area contributed by atoms with Gasteiger partial charge in [-0.3, -0.25) is 9.59 Å². The van der Waals surface area contributed by atoms with Crippen molar-refractivity contribution in [3.05, 3.63) is 29.3 Å². The number of primary amides is 1. The van der Waals surface area contributed by atoms with E-state index in [1.54, 1.807) is 12.1 Å². The smallest absolute Gasteiger partial charge is 0.312 e. The van der Waals surface area contributed by atoms with Crippen molar-refractivity contribution in [3.63, 3.8) is 0 Å². The van der Waals surface area contributed by atoms with Gasteiger partial charge in [-0.25, -0.2) is 8.42 Å². The molecule has 2 aliphatic rings. The Bertz CT molecular complexity index is 974. The summed E-state index contributed by atoms with van der Waals surface area (Å²) in [5.41, 5.74) is 1.62. The minimum Gasteiger partial charge on any atom is -0.481 e. The van der Waals surface area contributed by atoms with Crippen molar-refractivity contribution in [2.75, 3.05) is 0 Å². The molecule has 27 heavy (non-hydrogen) atoms. The summed E-state index contributed by atoms with van der Waals surface area (Å²) in [7, 11) is -4.03. The van der Waals surface area contributed by atoms with Crippen molar-refractivity contribution in [2.24, 2.45) is 22.5 Å². The van der Waals surface area contributed by atoms with Crippen LogP contribution < -0.4 is 5.73 Å². The van der Waals surface area contributed by atoms with E-state index in [0.717, 1.165) is 0 Å². The molecule has 0 spiro atoms. The van der Waals surface area contributed by atoms with Crippen molar-refractivity contribution >= 4 is 33.3 Å². The van der Waals surface area contributed by atoms with Gasteiger partial charge in [0.25, 0.3) is 0 Å². The normalized spacial score (nSPS) is 35.4. The van der Waals surface area contributed by atoms with Gasteiger partial charge in [-0.2, -0.15) is 5.26 Å². The first kappa shape index (κ1) is 19.6. The number of carboxylic acid groups (broad SMARTS) is 1. The summed E-state index contributed by atoms with van der Waals surface area (Å²) in [6, 6.07) is 7.52. The first-order valence-electron chi connectivity index (χ1n) is 8.15. The van der Waals surface area contributed by atoms with Gasteiger partial charge < -0.3 is 15.9 Å². The summed E-state index contributed by atoms with van der Waals surface area (Å²) >= 11 is 5.98. The Morgan fingerprint density at radius 2 is 1.93 bits per heavy atom. The second kappa shape index (κ2) is 6.19. The highest BCUT2D eigenvalue weighted by Gasteiger charge is 2.75. The molecule has 4 N–H and O–H groups in total. The molecule has 3 rings (SSSR count). The maximum absolute atomic E-state index is 13.0. The van der Waals surface area contributed by atoms with Gasteiger partial charge in [0.15, 0.2) is 9.84 Å². The van der Waals surface area contributed by atoms with E-state index in [2.05, 4.69) is 0 Å². The van der Waals surface area contributed by atoms with Gasteiger partial charge in [-0.05, 0) is 31.4 Å². The zero-order chi connectivity index (χ0) is 20.2. The minimum absolute atomic E-state index is 0.00487. The lowest BCUT2D eigenvalue weighted by Crippen LogP contribution is -2.44. The highest BCUT2D eigenvalue weighted by molar-refractivity contribution is 7.92. The number of aliphatic carboxylic acids is 1. The van der Waals surface area contributed by atoms with E-state index in [1.165, 1.54) is 18.2 Å². The number of nitrogens with zero attached hydrogens (tertiary/aromatic N) is 1. The molecule has 8 nitrogen and oxygen atoms in total. The molecule has 5 atom stereocenters. The van der Waals surface area contributed by atoms with Crippen molar-refractivity contribution < 1.29 is 28.2 Å². The number of hydrogen-bond acceptors (Lipinski definition) is 6. The predicted octanol–water partition coefficient (Wildman–Crippen LogP) is 0.723. The number of aliphatic hydroxyl groups is 1. The van der Waals surface area contributed by atoms with Crippen LogP contribution >= 0.6 is 11.6 Å². The Labute approximate surface area is 160 Å². The Kier molecular flexibility index (Phi) is 4.50. The van der Waals surface area contributed by atoms with Crippen LogP contribution in [0.1, 0.15) is 19.3 Å². The third-order valence-corrected chi connectivity index (χ3v) is 8.50. The monoisotopic (exact) mass is 412 g/mol. The van der Waals surface area contributed by atoms with Crippen LogP contribution in [0.5, 0.6) is 0 Å². The summed E-state index contributed by atoms with van der Waals surface area (Å²) in [5, 5.41) is 28.5. The molecule has 10 heteroatoms. The van der Waals surface area contributed by atoms with Gasteiger partial charge >= 0.3 is 5.97 Å². The second-order valence-electron chi connectivity index (χ2n) is 7.10. The molecule has 1 aromatic carbocycles. The molecule has 0 aromatic heterocycles. The zero-order valence-electron chi connectivity index (χ0n) is 14.0. The lowest BCUT2D eigenvalue weighted by atomic mass is 9.75. The van der Waals surface area contributed by atoms with Crippen molar-refractivity contribution in [3.8, 4) is 6.07 Å². The van der Waals surface area contributed by atoms with Gasteiger partial charge in [0.1, 0.15) is 5.41 Å². The van der Waals surface area contributed by atoms with Gasteiger partial charge in [-0.15, -0.1) is 0 Å². The maximum atomic E-state index is 13.0. The highest BCUT2D eigenvalue weighted by Crippen LogP contribution is 2.66. The summed E-state index contributed by atoms with van der Waals surface area (Å²) in [6.45, 7) is 0. The Balaban J connectivity index is 2.02. The third-order valence-electron chi connectivity index (χ3n) is 5.85. The molecule has 2 aliphatic carbocycles. The highest BCUT2D eigenvalue weighted by atomic mass is 35.5. The molecule has 0 bridgehead atoms. The lowest BCUT2D eigenvalue weighted by Gasteiger charge is -2.29. The molecule has 0 saturated heterocycles. The Morgan fingerprint density at radius 3 is 2.41 bits per heavy atom. The number of amides is 1. The average molecular weight is 413 g/mol. The number of rotatable bonds is 5. The fraction of sp³-hybridized carbons (Fsp3) is 0.471. The molecule has 1 aromatic rings. The van der Waals surface area contributed by atoms with E-state index in [-0.39, 0.29) is 22.8 Å². The van der Waals surface area contributed by atoms with Crippen LogP contribution in [-0.4, -0.2) is 41.9 Å². The number of nitrogens with two attached hydrogens (primary N) is 1. The van der Waals surface area contributed by atoms with Gasteiger partial charge in [0.2, 0.25) is 5.91 Å². The first-order valence-corrected chi connectivity index (χ1v) is 10.1. The number of nitriles is 1. The van der Waals surface area contributed by atoms with Crippen molar-refractivity contribution in [2.45, 2.75) is 35.5 Å². The zero-order valence-corrected chi connectivity index (χ0v) is 15.6. The van der Waals surface area contributed by atoms with Crippen LogP contribution in [-0.2, 0) is 19.4 Å². The molecule has 2 unspecified atom stereocenters. The molecule has 144 valence electrons. The number of carbonyl (C=O) groups excluding carboxylic acids is 1. The number of benzene rings is 1. The van der Waals surface area contributed by atoms with E-state index < -0.39 is 56.2 Å². The van der Waals surface area contributed by atoms with E-state index in [0.29, 0.717) is 0 Å². The summed E-state index contributed by atoms with van der Waals surface area (Å²) in [5.74, 6) is -3.47. The van der Waals surface area contributed by atoms with Crippen LogP contribution in [0.3, 0.4) is 0 Å². The average Bonchev–Trinajstić information content (AvgIpc) is 3.25. The second-order valence-corrected chi connectivity index (χ2v) is 9.71. The van der Waals surface area contributed by atoms with Crippen LogP contribution in [0.2, 0.25) is 5.02 Å². The molecule has 2 saturated carbocycles. The van der Waals surface area contributed by atoms with Crippen LogP contribution in [0.4, 0.5) is 0 Å². The molecule has 0 heterocycles. The van der Waals surface area contributed by atoms with Crippen LogP contribution in [0, 0.1) is 28.1 Å². The minimum atomic E-state index is -4.03. The Hall–Kier alpha value is -2.15.